The van der Waals surface area contributed by atoms with Crippen molar-refractivity contribution in [2.45, 2.75) is 26.8 Å². The normalized spacial score (nSPS) is 11.7. The Morgan fingerprint density at radius 3 is 2.15 bits per heavy atom. The van der Waals surface area contributed by atoms with Crippen molar-refractivity contribution >= 4 is 46.3 Å². The third-order valence-corrected chi connectivity index (χ3v) is 4.90. The van der Waals surface area contributed by atoms with E-state index < -0.39 is 17.7 Å². The molecule has 0 heterocycles. The number of carbonyl (C=O) groups is 2. The van der Waals surface area contributed by atoms with Gasteiger partial charge in [-0.15, -0.1) is 5.11 Å². The van der Waals surface area contributed by atoms with Gasteiger partial charge in [0.15, 0.2) is 28.8 Å². The Labute approximate surface area is 202 Å². The van der Waals surface area contributed by atoms with Crippen LogP contribution in [0.25, 0.3) is 0 Å². The second kappa shape index (κ2) is 12.3. The molecule has 1 atom stereocenters. The number of ether oxygens (including phenoxy) is 4. The monoisotopic (exact) mass is 497 g/mol. The summed E-state index contributed by atoms with van der Waals surface area (Å²) in [5, 5.41) is 10.9. The fourth-order valence-electron chi connectivity index (χ4n) is 2.82. The van der Waals surface area contributed by atoms with Gasteiger partial charge < -0.3 is 24.3 Å². The van der Waals surface area contributed by atoms with Crippen LogP contribution in [0.2, 0.25) is 10.0 Å². The van der Waals surface area contributed by atoms with Gasteiger partial charge in [0.25, 0.3) is 5.91 Å². The number of carbonyl (C=O) groups excluding carboxylic acids is 2. The minimum atomic E-state index is -1.49. The van der Waals surface area contributed by atoms with Gasteiger partial charge in [0.1, 0.15) is 11.4 Å². The highest BCUT2D eigenvalue weighted by atomic mass is 35.5. The zero-order chi connectivity index (χ0) is 24.5. The molecule has 2 rings (SSSR count). The van der Waals surface area contributed by atoms with Gasteiger partial charge in [-0.05, 0) is 45.0 Å². The number of hydrogen-bond acceptors (Lipinski definition) is 8. The molecule has 0 aliphatic heterocycles. The smallest absolute Gasteiger partial charge is 0.258 e. The molecular formula is C22H25Cl2N3O6. The van der Waals surface area contributed by atoms with E-state index in [9.17, 15) is 9.59 Å². The Kier molecular flexibility index (Phi) is 9.74. The summed E-state index contributed by atoms with van der Waals surface area (Å²) in [7, 11) is 2.86. The lowest BCUT2D eigenvalue weighted by Gasteiger charge is -2.18. The maximum absolute atomic E-state index is 13.0. The second-order valence-corrected chi connectivity index (χ2v) is 7.28. The second-order valence-electron chi connectivity index (χ2n) is 6.47. The van der Waals surface area contributed by atoms with Gasteiger partial charge in [0.2, 0.25) is 6.04 Å². The van der Waals surface area contributed by atoms with Gasteiger partial charge in [0, 0.05) is 0 Å². The van der Waals surface area contributed by atoms with Gasteiger partial charge >= 0.3 is 0 Å². The fraction of sp³-hybridized carbons (Fsp3) is 0.364. The number of Topliss-reactive ketones (excluding diaryl/α,β-unsaturated/α-hetero) is 1. The largest absolute Gasteiger partial charge is 0.493 e. The molecule has 1 unspecified atom stereocenters. The Bertz CT molecular complexity index is 1050. The van der Waals surface area contributed by atoms with Crippen LogP contribution in [0.3, 0.4) is 0 Å². The third kappa shape index (κ3) is 6.27. The summed E-state index contributed by atoms with van der Waals surface area (Å²) in [5.41, 5.74) is 0.275. The number of benzene rings is 2. The molecule has 0 aliphatic rings. The summed E-state index contributed by atoms with van der Waals surface area (Å²) < 4.78 is 21.7. The van der Waals surface area contributed by atoms with Gasteiger partial charge in [-0.25, -0.2) is 0 Å². The van der Waals surface area contributed by atoms with E-state index in [1.165, 1.54) is 27.2 Å². The highest BCUT2D eigenvalue weighted by Crippen LogP contribution is 2.43. The van der Waals surface area contributed by atoms with E-state index in [4.69, 9.17) is 42.1 Å². The van der Waals surface area contributed by atoms with E-state index in [1.807, 2.05) is 6.92 Å². The van der Waals surface area contributed by atoms with Crippen molar-refractivity contribution in [1.82, 2.24) is 0 Å². The van der Waals surface area contributed by atoms with Crippen molar-refractivity contribution < 1.29 is 28.5 Å². The first-order chi connectivity index (χ1) is 15.8. The van der Waals surface area contributed by atoms with E-state index in [2.05, 4.69) is 15.5 Å². The number of nitrogens with one attached hydrogen (secondary N) is 1. The van der Waals surface area contributed by atoms with Crippen LogP contribution in [0.15, 0.2) is 34.5 Å². The quantitative estimate of drug-likeness (QED) is 0.324. The van der Waals surface area contributed by atoms with Gasteiger partial charge in [-0.1, -0.05) is 23.2 Å². The fourth-order valence-corrected chi connectivity index (χ4v) is 3.20. The number of rotatable bonds is 11. The topological polar surface area (TPSA) is 108 Å². The minimum absolute atomic E-state index is 0.115. The number of nitrogens with zero attached hydrogens (tertiary/aromatic N) is 2. The van der Waals surface area contributed by atoms with Crippen molar-refractivity contribution in [3.8, 4) is 23.0 Å². The van der Waals surface area contributed by atoms with E-state index in [-0.39, 0.29) is 32.9 Å². The summed E-state index contributed by atoms with van der Waals surface area (Å²) in [6.07, 6.45) is 0. The molecular weight excluding hydrogens is 473 g/mol. The van der Waals surface area contributed by atoms with E-state index in [0.29, 0.717) is 24.7 Å². The lowest BCUT2D eigenvalue weighted by atomic mass is 10.2. The molecule has 2 aromatic carbocycles. The standard InChI is InChI=1S/C22H25Cl2N3O6/c1-6-32-16-11-9-13(23)18(21(16)33-7-2)25-22(29)17(12(3)28)26-27-19-14(24)8-10-15(30-4)20(19)31-5/h8-11,17H,6-7H2,1-5H3,(H,25,29). The zero-order valence-electron chi connectivity index (χ0n) is 18.9. The molecule has 11 heteroatoms. The lowest BCUT2D eigenvalue weighted by molar-refractivity contribution is -0.126. The molecule has 0 saturated carbocycles. The van der Waals surface area contributed by atoms with Crippen LogP contribution in [0, 0.1) is 0 Å². The van der Waals surface area contributed by atoms with Crippen LogP contribution < -0.4 is 24.3 Å². The Balaban J connectivity index is 2.43. The molecule has 178 valence electrons. The molecule has 1 amide bonds. The maximum Gasteiger partial charge on any atom is 0.258 e. The summed E-state index contributed by atoms with van der Waals surface area (Å²) >= 11 is 12.5. The number of amides is 1. The van der Waals surface area contributed by atoms with Crippen LogP contribution in [0.1, 0.15) is 20.8 Å². The van der Waals surface area contributed by atoms with Gasteiger partial charge in [0.05, 0.1) is 37.5 Å². The van der Waals surface area contributed by atoms with Crippen molar-refractivity contribution in [1.29, 1.82) is 0 Å². The van der Waals surface area contributed by atoms with Crippen molar-refractivity contribution in [2.75, 3.05) is 32.8 Å². The first-order valence-electron chi connectivity index (χ1n) is 9.99. The van der Waals surface area contributed by atoms with Crippen molar-refractivity contribution in [3.05, 3.63) is 34.3 Å². The summed E-state index contributed by atoms with van der Waals surface area (Å²) in [5.74, 6) is -0.0991. The average Bonchev–Trinajstić information content (AvgIpc) is 2.78. The number of methoxy groups -OCH3 is 2. The zero-order valence-corrected chi connectivity index (χ0v) is 20.4. The van der Waals surface area contributed by atoms with Crippen molar-refractivity contribution in [2.24, 2.45) is 10.2 Å². The number of halogens is 2. The predicted octanol–water partition coefficient (Wildman–Crippen LogP) is 5.49. The molecule has 0 fully saturated rings. The molecule has 0 bridgehead atoms. The van der Waals surface area contributed by atoms with Crippen molar-refractivity contribution in [3.63, 3.8) is 0 Å². The maximum atomic E-state index is 13.0. The van der Waals surface area contributed by atoms with E-state index in [1.54, 1.807) is 25.1 Å². The average molecular weight is 498 g/mol. The highest BCUT2D eigenvalue weighted by molar-refractivity contribution is 6.34. The molecule has 0 aromatic heterocycles. The molecule has 33 heavy (non-hydrogen) atoms. The Morgan fingerprint density at radius 1 is 0.939 bits per heavy atom. The van der Waals surface area contributed by atoms with Crippen LogP contribution in [-0.2, 0) is 9.59 Å². The number of ketones is 1. The van der Waals surface area contributed by atoms with Crippen LogP contribution in [0.4, 0.5) is 11.4 Å². The predicted molar refractivity (Wildman–Crippen MR) is 126 cm³/mol. The number of anilines is 1. The molecule has 0 aliphatic carbocycles. The Hall–Kier alpha value is -3.04. The molecule has 0 saturated heterocycles. The summed E-state index contributed by atoms with van der Waals surface area (Å²) in [4.78, 5) is 25.2. The summed E-state index contributed by atoms with van der Waals surface area (Å²) in [6.45, 7) is 5.48. The number of hydrogen-bond donors (Lipinski definition) is 1. The third-order valence-electron chi connectivity index (χ3n) is 4.28. The van der Waals surface area contributed by atoms with Gasteiger partial charge in [-0.2, -0.15) is 5.11 Å². The molecule has 2 aromatic rings. The van der Waals surface area contributed by atoms with Crippen LogP contribution in [-0.4, -0.2) is 45.2 Å². The van der Waals surface area contributed by atoms with E-state index in [0.717, 1.165) is 0 Å². The highest BCUT2D eigenvalue weighted by Gasteiger charge is 2.27. The SMILES string of the molecule is CCOc1ccc(Cl)c(NC(=O)C(N=Nc2c(Cl)ccc(OC)c2OC)C(C)=O)c1OCC. The van der Waals surface area contributed by atoms with Crippen LogP contribution >= 0.6 is 23.2 Å². The first-order valence-corrected chi connectivity index (χ1v) is 10.7. The summed E-state index contributed by atoms with van der Waals surface area (Å²) in [6, 6.07) is 4.82. The first kappa shape index (κ1) is 26.2. The minimum Gasteiger partial charge on any atom is -0.493 e. The Morgan fingerprint density at radius 2 is 1.58 bits per heavy atom. The molecule has 9 nitrogen and oxygen atoms in total. The molecule has 1 N–H and O–H groups in total. The molecule has 0 spiro atoms. The molecule has 0 radical (unpaired) electrons. The lowest BCUT2D eigenvalue weighted by Crippen LogP contribution is -2.32. The van der Waals surface area contributed by atoms with Gasteiger partial charge in [-0.3, -0.25) is 9.59 Å². The van der Waals surface area contributed by atoms with E-state index >= 15 is 0 Å². The van der Waals surface area contributed by atoms with Crippen LogP contribution in [0.5, 0.6) is 23.0 Å². The number of azo groups is 1.